The summed E-state index contributed by atoms with van der Waals surface area (Å²) in [5, 5.41) is 0. The minimum Gasteiger partial charge on any atom is -0.0822 e. The predicted molar refractivity (Wildman–Crippen MR) is 50.8 cm³/mol. The second kappa shape index (κ2) is 2.37. The van der Waals surface area contributed by atoms with Gasteiger partial charge in [0.05, 0.1) is 0 Å². The average Bonchev–Trinajstić information content (AvgIpc) is 2.10. The summed E-state index contributed by atoms with van der Waals surface area (Å²) >= 11 is 0. The number of hydrogen-bond acceptors (Lipinski definition) is 0. The Hall–Kier alpha value is -0.260. The van der Waals surface area contributed by atoms with Gasteiger partial charge in [0.15, 0.2) is 0 Å². The van der Waals surface area contributed by atoms with E-state index in [0.29, 0.717) is 0 Å². The van der Waals surface area contributed by atoms with Gasteiger partial charge in [-0.1, -0.05) is 25.0 Å². The lowest BCUT2D eigenvalue weighted by Crippen LogP contribution is -2.33. The van der Waals surface area contributed by atoms with Crippen molar-refractivity contribution in [2.45, 2.75) is 39.0 Å². The number of fused-ring (bicyclic) bond motifs is 1. The Labute approximate surface area is 75.0 Å². The third kappa shape index (κ3) is 0.901. The van der Waals surface area contributed by atoms with Crippen molar-refractivity contribution in [3.63, 3.8) is 0 Å². The van der Waals surface area contributed by atoms with Gasteiger partial charge in [0.1, 0.15) is 0 Å². The van der Waals surface area contributed by atoms with Crippen molar-refractivity contribution in [1.82, 2.24) is 0 Å². The smallest absolute Gasteiger partial charge is 0.0169 e. The second-order valence-electron chi connectivity index (χ2n) is 5.20. The second-order valence-corrected chi connectivity index (χ2v) is 5.20. The van der Waals surface area contributed by atoms with Gasteiger partial charge in [-0.2, -0.15) is 0 Å². The summed E-state index contributed by atoms with van der Waals surface area (Å²) in [6.45, 7) is 2.40. The van der Waals surface area contributed by atoms with Crippen LogP contribution in [0.5, 0.6) is 0 Å². The largest absolute Gasteiger partial charge is 0.0822 e. The van der Waals surface area contributed by atoms with Crippen LogP contribution in [-0.2, 0) is 0 Å². The molecule has 3 rings (SSSR count). The molecule has 0 heterocycles. The van der Waals surface area contributed by atoms with Crippen molar-refractivity contribution in [3.05, 3.63) is 11.6 Å². The Morgan fingerprint density at radius 3 is 3.08 bits per heavy atom. The van der Waals surface area contributed by atoms with E-state index < -0.39 is 0 Å². The van der Waals surface area contributed by atoms with E-state index in [1.165, 1.54) is 19.3 Å². The molecule has 0 amide bonds. The molecular formula is C12H18. The maximum atomic E-state index is 2.59. The summed E-state index contributed by atoms with van der Waals surface area (Å²) in [4.78, 5) is 0. The Morgan fingerprint density at radius 1 is 1.25 bits per heavy atom. The first kappa shape index (κ1) is 7.17. The Balaban J connectivity index is 1.91. The van der Waals surface area contributed by atoms with Crippen LogP contribution in [0.2, 0.25) is 0 Å². The molecule has 0 aromatic rings. The molecule has 0 saturated heterocycles. The molecule has 0 aliphatic heterocycles. The van der Waals surface area contributed by atoms with Crippen LogP contribution in [-0.4, -0.2) is 0 Å². The third-order valence-corrected chi connectivity index (χ3v) is 4.28. The molecule has 66 valence electrons. The van der Waals surface area contributed by atoms with Gasteiger partial charge in [0, 0.05) is 0 Å². The zero-order valence-electron chi connectivity index (χ0n) is 7.92. The zero-order valence-corrected chi connectivity index (χ0v) is 7.92. The van der Waals surface area contributed by atoms with Gasteiger partial charge < -0.3 is 0 Å². The molecule has 0 N–H and O–H groups in total. The van der Waals surface area contributed by atoms with E-state index in [9.17, 15) is 0 Å². The topological polar surface area (TPSA) is 0 Å². The summed E-state index contributed by atoms with van der Waals surface area (Å²) in [6.07, 6.45) is 10.1. The lowest BCUT2D eigenvalue weighted by Gasteiger charge is -2.44. The van der Waals surface area contributed by atoms with Crippen molar-refractivity contribution in [3.8, 4) is 0 Å². The zero-order chi connectivity index (χ0) is 8.13. The highest BCUT2D eigenvalue weighted by Crippen LogP contribution is 2.53. The van der Waals surface area contributed by atoms with Crippen LogP contribution in [0.15, 0.2) is 11.6 Å². The van der Waals surface area contributed by atoms with Crippen LogP contribution in [0.3, 0.4) is 0 Å². The monoisotopic (exact) mass is 162 g/mol. The van der Waals surface area contributed by atoms with E-state index in [0.717, 1.165) is 23.7 Å². The molecule has 2 saturated carbocycles. The molecule has 0 spiro atoms. The van der Waals surface area contributed by atoms with Crippen LogP contribution < -0.4 is 0 Å². The van der Waals surface area contributed by atoms with Gasteiger partial charge in [0.2, 0.25) is 0 Å². The standard InChI is InChI=1S/C12H18/c1-8-4-9-2-3-10-7-11(5-8)12(10)6-9/h5,8-10,12H,2-4,6-7H2,1H3. The van der Waals surface area contributed by atoms with E-state index in [1.807, 2.05) is 5.57 Å². The summed E-state index contributed by atoms with van der Waals surface area (Å²) in [5.74, 6) is 4.12. The van der Waals surface area contributed by atoms with Gasteiger partial charge in [-0.25, -0.2) is 0 Å². The van der Waals surface area contributed by atoms with Crippen LogP contribution in [0, 0.1) is 23.7 Å². The normalized spacial score (nSPS) is 50.6. The molecule has 0 aromatic carbocycles. The Morgan fingerprint density at radius 2 is 2.17 bits per heavy atom. The highest BCUT2D eigenvalue weighted by Gasteiger charge is 2.42. The van der Waals surface area contributed by atoms with Gasteiger partial charge in [-0.3, -0.25) is 0 Å². The van der Waals surface area contributed by atoms with Crippen molar-refractivity contribution < 1.29 is 0 Å². The SMILES string of the molecule is CC1C=C2CC3CCC(C1)CC23. The molecular weight excluding hydrogens is 144 g/mol. The average molecular weight is 162 g/mol. The molecule has 0 radical (unpaired) electrons. The fourth-order valence-corrected chi connectivity index (χ4v) is 3.68. The maximum absolute atomic E-state index is 2.59. The van der Waals surface area contributed by atoms with Gasteiger partial charge in [0.25, 0.3) is 0 Å². The van der Waals surface area contributed by atoms with Gasteiger partial charge in [-0.15, -0.1) is 0 Å². The predicted octanol–water partition coefficient (Wildman–Crippen LogP) is 3.39. The van der Waals surface area contributed by atoms with Crippen LogP contribution >= 0.6 is 0 Å². The van der Waals surface area contributed by atoms with E-state index in [4.69, 9.17) is 0 Å². The number of allylic oxidation sites excluding steroid dienone is 2. The molecule has 2 bridgehead atoms. The quantitative estimate of drug-likeness (QED) is 0.479. The maximum Gasteiger partial charge on any atom is -0.0169 e. The molecule has 0 aromatic heterocycles. The van der Waals surface area contributed by atoms with Crippen LogP contribution in [0.4, 0.5) is 0 Å². The van der Waals surface area contributed by atoms with Crippen molar-refractivity contribution in [1.29, 1.82) is 0 Å². The van der Waals surface area contributed by atoms with Gasteiger partial charge in [-0.05, 0) is 49.4 Å². The van der Waals surface area contributed by atoms with E-state index in [2.05, 4.69) is 13.0 Å². The van der Waals surface area contributed by atoms with Gasteiger partial charge >= 0.3 is 0 Å². The molecule has 12 heavy (non-hydrogen) atoms. The molecule has 4 atom stereocenters. The van der Waals surface area contributed by atoms with Crippen LogP contribution in [0.1, 0.15) is 39.0 Å². The van der Waals surface area contributed by atoms with Crippen LogP contribution in [0.25, 0.3) is 0 Å². The van der Waals surface area contributed by atoms with Crippen molar-refractivity contribution in [2.75, 3.05) is 0 Å². The Kier molecular flexibility index (Phi) is 1.42. The highest BCUT2D eigenvalue weighted by molar-refractivity contribution is 5.22. The molecule has 2 fully saturated rings. The minimum absolute atomic E-state index is 0.883. The number of rotatable bonds is 0. The summed E-state index contributed by atoms with van der Waals surface area (Å²) in [5.41, 5.74) is 1.83. The molecule has 0 heteroatoms. The number of hydrogen-bond donors (Lipinski definition) is 0. The minimum atomic E-state index is 0.883. The Bertz CT molecular complexity index is 226. The first-order valence-electron chi connectivity index (χ1n) is 5.53. The molecule has 3 aliphatic carbocycles. The van der Waals surface area contributed by atoms with Crippen molar-refractivity contribution >= 4 is 0 Å². The summed E-state index contributed by atoms with van der Waals surface area (Å²) in [6, 6.07) is 0. The van der Waals surface area contributed by atoms with E-state index >= 15 is 0 Å². The van der Waals surface area contributed by atoms with Crippen molar-refractivity contribution in [2.24, 2.45) is 23.7 Å². The van der Waals surface area contributed by atoms with E-state index in [-0.39, 0.29) is 0 Å². The fourth-order valence-electron chi connectivity index (χ4n) is 3.68. The lowest BCUT2D eigenvalue weighted by molar-refractivity contribution is 0.146. The van der Waals surface area contributed by atoms with E-state index in [1.54, 1.807) is 12.8 Å². The molecule has 0 nitrogen and oxygen atoms in total. The first-order chi connectivity index (χ1) is 5.83. The molecule has 3 aliphatic rings. The third-order valence-electron chi connectivity index (χ3n) is 4.28. The first-order valence-corrected chi connectivity index (χ1v) is 5.53. The highest BCUT2D eigenvalue weighted by atomic mass is 14.5. The molecule has 4 unspecified atom stereocenters. The summed E-state index contributed by atoms with van der Waals surface area (Å²) in [7, 11) is 0. The lowest BCUT2D eigenvalue weighted by atomic mass is 9.60. The fraction of sp³-hybridized carbons (Fsp3) is 0.833. The summed E-state index contributed by atoms with van der Waals surface area (Å²) < 4.78 is 0.